The minimum atomic E-state index is 0.290. The number of ether oxygens (including phenoxy) is 2. The Morgan fingerprint density at radius 1 is 1.03 bits per heavy atom. The van der Waals surface area contributed by atoms with Crippen molar-refractivity contribution < 1.29 is 14.3 Å². The number of fused-ring (bicyclic) bond motifs is 2. The molecule has 2 fully saturated rings. The number of likely N-dealkylation sites (tertiary alicyclic amines) is 1. The molecule has 2 N–H and O–H groups in total. The van der Waals surface area contributed by atoms with Gasteiger partial charge in [0.15, 0.2) is 11.5 Å². The molecule has 6 heteroatoms. The van der Waals surface area contributed by atoms with Crippen molar-refractivity contribution in [3.63, 3.8) is 0 Å². The van der Waals surface area contributed by atoms with Gasteiger partial charge in [0.1, 0.15) is 0 Å². The molecule has 0 aliphatic carbocycles. The van der Waals surface area contributed by atoms with Gasteiger partial charge in [-0.1, -0.05) is 19.9 Å². The summed E-state index contributed by atoms with van der Waals surface area (Å²) in [5.74, 6) is 3.35. The molecule has 0 radical (unpaired) electrons. The molecule has 2 aliphatic rings. The number of H-pyrrole nitrogens is 1. The van der Waals surface area contributed by atoms with Gasteiger partial charge in [0.05, 0.1) is 19.9 Å². The zero-order valence-corrected chi connectivity index (χ0v) is 20.6. The molecule has 0 bridgehead atoms. The number of benzene rings is 2. The Morgan fingerprint density at radius 3 is 2.44 bits per heavy atom. The second-order valence-corrected chi connectivity index (χ2v) is 10.00. The van der Waals surface area contributed by atoms with Crippen LogP contribution in [0.2, 0.25) is 0 Å². The third kappa shape index (κ3) is 4.16. The number of carbonyl (C=O) groups is 1. The molecule has 2 aromatic carbocycles. The standard InChI is InChI=1S/C28H35N3O3/c1-17(2)27-22-11-18(6-10-26(32)31-15-20-13-29-14-21(20)16-31)5-8-23(22)30-28(27)19-7-9-24(33-3)25(12-19)34-4/h5,7-9,11-12,17,20-21,29-30H,6,10,13-16H2,1-4H3. The van der Waals surface area contributed by atoms with Crippen molar-refractivity contribution in [3.05, 3.63) is 47.5 Å². The van der Waals surface area contributed by atoms with Gasteiger partial charge < -0.3 is 24.7 Å². The number of nitrogens with one attached hydrogen (secondary N) is 2. The van der Waals surface area contributed by atoms with Crippen molar-refractivity contribution >= 4 is 16.8 Å². The third-order valence-corrected chi connectivity index (χ3v) is 7.52. The molecular weight excluding hydrogens is 426 g/mol. The number of carbonyl (C=O) groups excluding carboxylic acids is 1. The summed E-state index contributed by atoms with van der Waals surface area (Å²) >= 11 is 0. The van der Waals surface area contributed by atoms with Crippen LogP contribution in [0.4, 0.5) is 0 Å². The molecule has 0 saturated carbocycles. The summed E-state index contributed by atoms with van der Waals surface area (Å²) in [6, 6.07) is 12.6. The Balaban J connectivity index is 1.39. The van der Waals surface area contributed by atoms with E-state index in [1.165, 1.54) is 16.5 Å². The molecule has 180 valence electrons. The zero-order chi connectivity index (χ0) is 23.8. The number of hydrogen-bond acceptors (Lipinski definition) is 4. The molecule has 1 amide bonds. The zero-order valence-electron chi connectivity index (χ0n) is 20.6. The van der Waals surface area contributed by atoms with E-state index in [4.69, 9.17) is 9.47 Å². The summed E-state index contributed by atoms with van der Waals surface area (Å²) in [4.78, 5) is 18.6. The van der Waals surface area contributed by atoms with E-state index in [0.29, 0.717) is 30.1 Å². The van der Waals surface area contributed by atoms with Gasteiger partial charge in [0, 0.05) is 49.1 Å². The first-order valence-corrected chi connectivity index (χ1v) is 12.3. The average Bonchev–Trinajstić information content (AvgIpc) is 3.54. The summed E-state index contributed by atoms with van der Waals surface area (Å²) in [5.41, 5.74) is 5.79. The topological polar surface area (TPSA) is 66.6 Å². The van der Waals surface area contributed by atoms with E-state index in [-0.39, 0.29) is 0 Å². The number of hydrogen-bond donors (Lipinski definition) is 2. The van der Waals surface area contributed by atoms with Crippen LogP contribution in [-0.2, 0) is 11.2 Å². The van der Waals surface area contributed by atoms with Crippen LogP contribution in [0.15, 0.2) is 36.4 Å². The van der Waals surface area contributed by atoms with Crippen LogP contribution < -0.4 is 14.8 Å². The first kappa shape index (κ1) is 22.8. The first-order chi connectivity index (χ1) is 16.5. The van der Waals surface area contributed by atoms with Gasteiger partial charge in [-0.15, -0.1) is 0 Å². The summed E-state index contributed by atoms with van der Waals surface area (Å²) in [6.07, 6.45) is 1.34. The minimum Gasteiger partial charge on any atom is -0.493 e. The predicted molar refractivity (Wildman–Crippen MR) is 136 cm³/mol. The van der Waals surface area contributed by atoms with Crippen molar-refractivity contribution in [2.45, 2.75) is 32.6 Å². The van der Waals surface area contributed by atoms with Crippen LogP contribution in [0.1, 0.15) is 37.3 Å². The molecule has 2 aliphatic heterocycles. The van der Waals surface area contributed by atoms with Gasteiger partial charge in [-0.05, 0) is 65.6 Å². The lowest BCUT2D eigenvalue weighted by Gasteiger charge is -2.17. The summed E-state index contributed by atoms with van der Waals surface area (Å²) < 4.78 is 10.9. The van der Waals surface area contributed by atoms with Crippen LogP contribution in [0.25, 0.3) is 22.2 Å². The van der Waals surface area contributed by atoms with Crippen molar-refractivity contribution in [1.29, 1.82) is 0 Å². The van der Waals surface area contributed by atoms with E-state index in [9.17, 15) is 4.79 Å². The number of methoxy groups -OCH3 is 2. The number of nitrogens with zero attached hydrogens (tertiary/aromatic N) is 1. The van der Waals surface area contributed by atoms with Gasteiger partial charge >= 0.3 is 0 Å². The number of aromatic nitrogens is 1. The Bertz CT molecular complexity index is 1190. The summed E-state index contributed by atoms with van der Waals surface area (Å²) in [6.45, 7) is 8.39. The number of aromatic amines is 1. The lowest BCUT2D eigenvalue weighted by Crippen LogP contribution is -2.31. The Kier molecular flexibility index (Phi) is 6.26. The second kappa shape index (κ2) is 9.34. The fraction of sp³-hybridized carbons (Fsp3) is 0.464. The fourth-order valence-electron chi connectivity index (χ4n) is 5.70. The second-order valence-electron chi connectivity index (χ2n) is 10.00. The van der Waals surface area contributed by atoms with Crippen molar-refractivity contribution in [2.75, 3.05) is 40.4 Å². The SMILES string of the molecule is COc1ccc(-c2[nH]c3ccc(CCC(=O)N4CC5CNCC5C4)cc3c2C(C)C)cc1OC. The van der Waals surface area contributed by atoms with Gasteiger partial charge in [0.2, 0.25) is 5.91 Å². The molecule has 2 unspecified atom stereocenters. The molecule has 2 atom stereocenters. The lowest BCUT2D eigenvalue weighted by molar-refractivity contribution is -0.130. The molecule has 6 nitrogen and oxygen atoms in total. The maximum atomic E-state index is 12.9. The van der Waals surface area contributed by atoms with E-state index < -0.39 is 0 Å². The number of amides is 1. The molecule has 1 aromatic heterocycles. The van der Waals surface area contributed by atoms with Gasteiger partial charge in [-0.2, -0.15) is 0 Å². The van der Waals surface area contributed by atoms with Crippen molar-refractivity contribution in [3.8, 4) is 22.8 Å². The van der Waals surface area contributed by atoms with E-state index in [1.807, 2.05) is 12.1 Å². The minimum absolute atomic E-state index is 0.290. The Hall–Kier alpha value is -2.99. The molecule has 0 spiro atoms. The van der Waals surface area contributed by atoms with Crippen molar-refractivity contribution in [2.24, 2.45) is 11.8 Å². The largest absolute Gasteiger partial charge is 0.493 e. The highest BCUT2D eigenvalue weighted by Crippen LogP contribution is 2.39. The maximum absolute atomic E-state index is 12.9. The number of aryl methyl sites for hydroxylation is 1. The maximum Gasteiger partial charge on any atom is 0.222 e. The predicted octanol–water partition coefficient (Wildman–Crippen LogP) is 4.59. The highest BCUT2D eigenvalue weighted by atomic mass is 16.5. The lowest BCUT2D eigenvalue weighted by atomic mass is 9.94. The normalized spacial score (nSPS) is 19.7. The quantitative estimate of drug-likeness (QED) is 0.540. The highest BCUT2D eigenvalue weighted by Gasteiger charge is 2.37. The molecule has 5 rings (SSSR count). The first-order valence-electron chi connectivity index (χ1n) is 12.3. The fourth-order valence-corrected chi connectivity index (χ4v) is 5.70. The van der Waals surface area contributed by atoms with Crippen LogP contribution in [0.5, 0.6) is 11.5 Å². The van der Waals surface area contributed by atoms with Gasteiger partial charge in [-0.3, -0.25) is 4.79 Å². The monoisotopic (exact) mass is 461 g/mol. The molecule has 2 saturated heterocycles. The Labute approximate surface area is 201 Å². The van der Waals surface area contributed by atoms with E-state index >= 15 is 0 Å². The molecule has 3 aromatic rings. The van der Waals surface area contributed by atoms with Crippen LogP contribution >= 0.6 is 0 Å². The van der Waals surface area contributed by atoms with E-state index in [2.05, 4.69) is 53.3 Å². The third-order valence-electron chi connectivity index (χ3n) is 7.52. The smallest absolute Gasteiger partial charge is 0.222 e. The van der Waals surface area contributed by atoms with Gasteiger partial charge in [-0.25, -0.2) is 0 Å². The van der Waals surface area contributed by atoms with Crippen molar-refractivity contribution in [1.82, 2.24) is 15.2 Å². The molecular formula is C28H35N3O3. The average molecular weight is 462 g/mol. The van der Waals surface area contributed by atoms with Gasteiger partial charge in [0.25, 0.3) is 0 Å². The summed E-state index contributed by atoms with van der Waals surface area (Å²) in [5, 5.41) is 4.67. The van der Waals surface area contributed by atoms with E-state index in [0.717, 1.165) is 60.9 Å². The highest BCUT2D eigenvalue weighted by molar-refractivity contribution is 5.92. The van der Waals surface area contributed by atoms with E-state index in [1.54, 1.807) is 14.2 Å². The Morgan fingerprint density at radius 2 is 1.76 bits per heavy atom. The van der Waals surface area contributed by atoms with Crippen LogP contribution in [0, 0.1) is 11.8 Å². The van der Waals surface area contributed by atoms with Crippen LogP contribution in [0.3, 0.4) is 0 Å². The number of rotatable bonds is 7. The van der Waals surface area contributed by atoms with Crippen LogP contribution in [-0.4, -0.2) is 56.2 Å². The molecule has 34 heavy (non-hydrogen) atoms. The summed E-state index contributed by atoms with van der Waals surface area (Å²) in [7, 11) is 3.31. The molecule has 3 heterocycles.